The second-order valence-electron chi connectivity index (χ2n) is 4.59. The molecule has 1 heterocycles. The van der Waals surface area contributed by atoms with Crippen LogP contribution in [0.25, 0.3) is 0 Å². The van der Waals surface area contributed by atoms with Gasteiger partial charge < -0.3 is 10.0 Å². The summed E-state index contributed by atoms with van der Waals surface area (Å²) in [5.74, 6) is -0.747. The SMILES string of the molecule is O=Cc1ccc2c(c1)CCCN2CCCC(=O)O. The number of carbonyl (C=O) groups is 2. The van der Waals surface area contributed by atoms with Crippen LogP contribution in [0.15, 0.2) is 18.2 Å². The summed E-state index contributed by atoms with van der Waals surface area (Å²) in [5.41, 5.74) is 3.06. The van der Waals surface area contributed by atoms with E-state index in [0.717, 1.165) is 37.9 Å². The number of anilines is 1. The van der Waals surface area contributed by atoms with Crippen molar-refractivity contribution < 1.29 is 14.7 Å². The number of carboxylic acids is 1. The molecule has 18 heavy (non-hydrogen) atoms. The van der Waals surface area contributed by atoms with E-state index in [9.17, 15) is 9.59 Å². The number of fused-ring (bicyclic) bond motifs is 1. The van der Waals surface area contributed by atoms with Gasteiger partial charge in [-0.05, 0) is 43.0 Å². The summed E-state index contributed by atoms with van der Waals surface area (Å²) in [6.45, 7) is 1.73. The number of aryl methyl sites for hydroxylation is 1. The lowest BCUT2D eigenvalue weighted by molar-refractivity contribution is -0.137. The van der Waals surface area contributed by atoms with Crippen LogP contribution < -0.4 is 4.90 Å². The van der Waals surface area contributed by atoms with Crippen LogP contribution in [0.5, 0.6) is 0 Å². The summed E-state index contributed by atoms with van der Waals surface area (Å²) >= 11 is 0. The maximum absolute atomic E-state index is 10.7. The normalized spacial score (nSPS) is 14.1. The molecule has 4 nitrogen and oxygen atoms in total. The number of rotatable bonds is 5. The smallest absolute Gasteiger partial charge is 0.303 e. The zero-order valence-corrected chi connectivity index (χ0v) is 10.3. The zero-order valence-electron chi connectivity index (χ0n) is 10.3. The van der Waals surface area contributed by atoms with Crippen molar-refractivity contribution in [1.29, 1.82) is 0 Å². The van der Waals surface area contributed by atoms with E-state index in [2.05, 4.69) is 4.90 Å². The van der Waals surface area contributed by atoms with Crippen molar-refractivity contribution in [2.75, 3.05) is 18.0 Å². The van der Waals surface area contributed by atoms with E-state index >= 15 is 0 Å². The van der Waals surface area contributed by atoms with Crippen molar-refractivity contribution in [2.24, 2.45) is 0 Å². The van der Waals surface area contributed by atoms with E-state index in [0.29, 0.717) is 12.0 Å². The van der Waals surface area contributed by atoms with Crippen molar-refractivity contribution in [3.63, 3.8) is 0 Å². The van der Waals surface area contributed by atoms with E-state index in [1.54, 1.807) is 0 Å². The Hall–Kier alpha value is -1.84. The largest absolute Gasteiger partial charge is 0.481 e. The zero-order chi connectivity index (χ0) is 13.0. The highest BCUT2D eigenvalue weighted by Crippen LogP contribution is 2.27. The van der Waals surface area contributed by atoms with Crippen LogP contribution in [0.1, 0.15) is 35.2 Å². The molecule has 0 saturated heterocycles. The van der Waals surface area contributed by atoms with Crippen molar-refractivity contribution in [3.8, 4) is 0 Å². The van der Waals surface area contributed by atoms with Gasteiger partial charge in [-0.3, -0.25) is 9.59 Å². The number of hydrogen-bond acceptors (Lipinski definition) is 3. The second-order valence-corrected chi connectivity index (χ2v) is 4.59. The Morgan fingerprint density at radius 3 is 3.00 bits per heavy atom. The lowest BCUT2D eigenvalue weighted by Crippen LogP contribution is -2.30. The summed E-state index contributed by atoms with van der Waals surface area (Å²) in [7, 11) is 0. The highest BCUT2D eigenvalue weighted by Gasteiger charge is 2.16. The van der Waals surface area contributed by atoms with Gasteiger partial charge in [0.25, 0.3) is 0 Å². The maximum Gasteiger partial charge on any atom is 0.303 e. The summed E-state index contributed by atoms with van der Waals surface area (Å²) < 4.78 is 0. The number of aldehydes is 1. The topological polar surface area (TPSA) is 57.6 Å². The van der Waals surface area contributed by atoms with Crippen LogP contribution in [0.4, 0.5) is 5.69 Å². The number of hydrogen-bond donors (Lipinski definition) is 1. The van der Waals surface area contributed by atoms with Crippen molar-refractivity contribution in [1.82, 2.24) is 0 Å². The first-order chi connectivity index (χ1) is 8.70. The van der Waals surface area contributed by atoms with Gasteiger partial charge >= 0.3 is 5.97 Å². The quantitative estimate of drug-likeness (QED) is 0.810. The Bertz CT molecular complexity index is 456. The first-order valence-electron chi connectivity index (χ1n) is 6.25. The van der Waals surface area contributed by atoms with Gasteiger partial charge in [0.15, 0.2) is 0 Å². The number of carbonyl (C=O) groups excluding carboxylic acids is 1. The van der Waals surface area contributed by atoms with Gasteiger partial charge in [-0.2, -0.15) is 0 Å². The van der Waals surface area contributed by atoms with Crippen molar-refractivity contribution in [3.05, 3.63) is 29.3 Å². The molecule has 1 aromatic carbocycles. The minimum atomic E-state index is -0.747. The van der Waals surface area contributed by atoms with Crippen LogP contribution in [-0.2, 0) is 11.2 Å². The Balaban J connectivity index is 2.07. The van der Waals surface area contributed by atoms with E-state index in [-0.39, 0.29) is 6.42 Å². The van der Waals surface area contributed by atoms with Gasteiger partial charge in [0.05, 0.1) is 0 Å². The molecule has 1 aliphatic heterocycles. The first-order valence-corrected chi connectivity index (χ1v) is 6.25. The van der Waals surface area contributed by atoms with Gasteiger partial charge in [0, 0.05) is 30.8 Å². The van der Waals surface area contributed by atoms with Crippen LogP contribution in [0, 0.1) is 0 Å². The molecule has 0 unspecified atom stereocenters. The van der Waals surface area contributed by atoms with Gasteiger partial charge in [-0.25, -0.2) is 0 Å². The molecule has 1 aromatic rings. The molecule has 0 saturated carbocycles. The van der Waals surface area contributed by atoms with E-state index in [1.165, 1.54) is 5.56 Å². The number of carboxylic acid groups (broad SMARTS) is 1. The summed E-state index contributed by atoms with van der Waals surface area (Å²) in [4.78, 5) is 23.5. The van der Waals surface area contributed by atoms with Crippen LogP contribution in [-0.4, -0.2) is 30.5 Å². The number of aliphatic carboxylic acids is 1. The van der Waals surface area contributed by atoms with Gasteiger partial charge in [0.1, 0.15) is 6.29 Å². The molecule has 4 heteroatoms. The summed E-state index contributed by atoms with van der Waals surface area (Å²) in [6.07, 6.45) is 3.78. The second kappa shape index (κ2) is 5.67. The van der Waals surface area contributed by atoms with E-state index < -0.39 is 5.97 Å². The molecule has 0 spiro atoms. The Kier molecular flexibility index (Phi) is 3.97. The Labute approximate surface area is 106 Å². The third kappa shape index (κ3) is 2.88. The molecule has 0 amide bonds. The van der Waals surface area contributed by atoms with Crippen LogP contribution >= 0.6 is 0 Å². The third-order valence-electron chi connectivity index (χ3n) is 3.27. The Morgan fingerprint density at radius 1 is 1.44 bits per heavy atom. The minimum absolute atomic E-state index is 0.207. The molecule has 2 rings (SSSR count). The molecule has 0 radical (unpaired) electrons. The highest BCUT2D eigenvalue weighted by atomic mass is 16.4. The molecule has 0 aliphatic carbocycles. The van der Waals surface area contributed by atoms with Gasteiger partial charge in [-0.1, -0.05) is 0 Å². The average Bonchev–Trinajstić information content (AvgIpc) is 2.38. The molecule has 0 bridgehead atoms. The molecule has 96 valence electrons. The monoisotopic (exact) mass is 247 g/mol. The average molecular weight is 247 g/mol. The highest BCUT2D eigenvalue weighted by molar-refractivity contribution is 5.77. The van der Waals surface area contributed by atoms with E-state index in [1.807, 2.05) is 18.2 Å². The third-order valence-corrected chi connectivity index (χ3v) is 3.27. The number of benzene rings is 1. The Morgan fingerprint density at radius 2 is 2.28 bits per heavy atom. The van der Waals surface area contributed by atoms with Crippen molar-refractivity contribution in [2.45, 2.75) is 25.7 Å². The van der Waals surface area contributed by atoms with Gasteiger partial charge in [0.2, 0.25) is 0 Å². The van der Waals surface area contributed by atoms with Crippen LogP contribution in [0.2, 0.25) is 0 Å². The molecular weight excluding hydrogens is 230 g/mol. The van der Waals surface area contributed by atoms with E-state index in [4.69, 9.17) is 5.11 Å². The molecule has 1 aliphatic rings. The predicted octanol–water partition coefficient (Wildman–Crippen LogP) is 2.12. The molecule has 1 N–H and O–H groups in total. The molecule has 0 fully saturated rings. The van der Waals surface area contributed by atoms with Crippen molar-refractivity contribution >= 4 is 17.9 Å². The molecule has 0 atom stereocenters. The summed E-state index contributed by atoms with van der Waals surface area (Å²) in [6, 6.07) is 5.73. The standard InChI is InChI=1S/C14H17NO3/c16-10-11-5-6-13-12(9-11)3-1-7-15(13)8-2-4-14(17)18/h5-6,9-10H,1-4,7-8H2,(H,17,18). The minimum Gasteiger partial charge on any atom is -0.481 e. The number of nitrogens with zero attached hydrogens (tertiary/aromatic N) is 1. The maximum atomic E-state index is 10.7. The van der Waals surface area contributed by atoms with Crippen LogP contribution in [0.3, 0.4) is 0 Å². The lowest BCUT2D eigenvalue weighted by Gasteiger charge is -2.31. The fourth-order valence-corrected chi connectivity index (χ4v) is 2.42. The fourth-order valence-electron chi connectivity index (χ4n) is 2.42. The molecule has 0 aromatic heterocycles. The molecular formula is C14H17NO3. The predicted molar refractivity (Wildman–Crippen MR) is 69.2 cm³/mol. The van der Waals surface area contributed by atoms with Gasteiger partial charge in [-0.15, -0.1) is 0 Å². The first kappa shape index (κ1) is 12.6. The summed E-state index contributed by atoms with van der Waals surface area (Å²) in [5, 5.41) is 8.65. The fraction of sp³-hybridized carbons (Fsp3) is 0.429. The lowest BCUT2D eigenvalue weighted by atomic mass is 9.99.